The molecular weight excluding hydrogens is 524 g/mol. The van der Waals surface area contributed by atoms with Crippen molar-refractivity contribution in [2.24, 2.45) is 5.92 Å². The molecule has 2 aliphatic heterocycles. The maximum Gasteiger partial charge on any atom is 0.320 e. The molecule has 2 fully saturated rings. The summed E-state index contributed by atoms with van der Waals surface area (Å²) in [7, 11) is 1.57. The van der Waals surface area contributed by atoms with Gasteiger partial charge in [0.1, 0.15) is 17.4 Å². The number of hydrogen-bond donors (Lipinski definition) is 0. The van der Waals surface area contributed by atoms with Crippen LogP contribution in [-0.4, -0.2) is 49.8 Å². The van der Waals surface area contributed by atoms with Crippen molar-refractivity contribution in [1.82, 2.24) is 0 Å². The Morgan fingerprint density at radius 3 is 2.02 bits per heavy atom. The first-order chi connectivity index (χ1) is 19.8. The quantitative estimate of drug-likeness (QED) is 0.199. The van der Waals surface area contributed by atoms with Crippen LogP contribution in [0.3, 0.4) is 0 Å². The summed E-state index contributed by atoms with van der Waals surface area (Å²) in [6.07, 6.45) is -0.796. The standard InChI is InChI=1S/C32H34N2O7/c1-5-39-30(36)26(31(37)40-6-2)20-32-27(29(35)33(32)23-16-18-25(38-4)19-17-23)34(24-14-12-21(3)13-15-24)41-28(32)22-10-8-7-9-11-22/h7-19,26-28H,5-6,20H2,1-4H3/t27-,28+,32+/m0/s1. The third kappa shape index (κ3) is 4.91. The van der Waals surface area contributed by atoms with Gasteiger partial charge in [0, 0.05) is 12.1 Å². The first kappa shape index (κ1) is 28.2. The lowest BCUT2D eigenvalue weighted by molar-refractivity contribution is -0.164. The van der Waals surface area contributed by atoms with E-state index >= 15 is 0 Å². The Morgan fingerprint density at radius 1 is 0.878 bits per heavy atom. The molecule has 0 bridgehead atoms. The number of β-lactam (4-membered cyclic amide) rings is 1. The average molecular weight is 559 g/mol. The molecule has 214 valence electrons. The molecule has 0 saturated carbocycles. The normalized spacial score (nSPS) is 21.3. The van der Waals surface area contributed by atoms with Crippen LogP contribution in [0.4, 0.5) is 11.4 Å². The Morgan fingerprint density at radius 2 is 1.46 bits per heavy atom. The van der Waals surface area contributed by atoms with Gasteiger partial charge in [-0.25, -0.2) is 5.06 Å². The molecule has 0 aromatic heterocycles. The fourth-order valence-corrected chi connectivity index (χ4v) is 5.79. The van der Waals surface area contributed by atoms with Crippen molar-refractivity contribution in [3.63, 3.8) is 0 Å². The Hall–Kier alpha value is -4.37. The third-order valence-electron chi connectivity index (χ3n) is 7.65. The highest BCUT2D eigenvalue weighted by Crippen LogP contribution is 2.58. The van der Waals surface area contributed by atoms with E-state index < -0.39 is 35.5 Å². The summed E-state index contributed by atoms with van der Waals surface area (Å²) in [6, 6.07) is 23.5. The van der Waals surface area contributed by atoms with Gasteiger partial charge < -0.3 is 14.2 Å². The molecule has 9 heteroatoms. The third-order valence-corrected chi connectivity index (χ3v) is 7.65. The monoisotopic (exact) mass is 558 g/mol. The number of benzene rings is 3. The predicted molar refractivity (Wildman–Crippen MR) is 152 cm³/mol. The SMILES string of the molecule is CCOC(=O)C(C[C@]12[C@@H](c3ccccc3)ON(c3ccc(C)cc3)[C@H]1C(=O)N2c1ccc(OC)cc1)C(=O)OCC. The van der Waals surface area contributed by atoms with E-state index in [1.165, 1.54) is 0 Å². The zero-order valence-electron chi connectivity index (χ0n) is 23.6. The van der Waals surface area contributed by atoms with E-state index in [2.05, 4.69) is 0 Å². The molecule has 5 rings (SSSR count). The Balaban J connectivity index is 1.70. The van der Waals surface area contributed by atoms with Crippen molar-refractivity contribution in [3.05, 3.63) is 90.0 Å². The summed E-state index contributed by atoms with van der Waals surface area (Å²) in [6.45, 7) is 5.54. The van der Waals surface area contributed by atoms with Crippen molar-refractivity contribution < 1.29 is 33.4 Å². The number of amides is 1. The second-order valence-corrected chi connectivity index (χ2v) is 10.1. The molecule has 0 radical (unpaired) electrons. The van der Waals surface area contributed by atoms with Gasteiger partial charge >= 0.3 is 11.9 Å². The van der Waals surface area contributed by atoms with Crippen LogP contribution < -0.4 is 14.7 Å². The van der Waals surface area contributed by atoms with E-state index in [0.29, 0.717) is 17.1 Å². The molecule has 3 aromatic rings. The fraction of sp³-hybridized carbons (Fsp3) is 0.344. The van der Waals surface area contributed by atoms with Crippen LogP contribution in [0.5, 0.6) is 5.75 Å². The number of carbonyl (C=O) groups excluding carboxylic acids is 3. The second kappa shape index (κ2) is 11.6. The number of nitrogens with zero attached hydrogens (tertiary/aromatic N) is 2. The number of aryl methyl sites for hydroxylation is 1. The van der Waals surface area contributed by atoms with Crippen molar-refractivity contribution in [2.75, 3.05) is 30.3 Å². The van der Waals surface area contributed by atoms with Gasteiger partial charge in [-0.2, -0.15) is 0 Å². The lowest BCUT2D eigenvalue weighted by atomic mass is 9.67. The highest BCUT2D eigenvalue weighted by Gasteiger charge is 2.73. The van der Waals surface area contributed by atoms with Gasteiger partial charge in [0.15, 0.2) is 12.0 Å². The molecule has 3 atom stereocenters. The summed E-state index contributed by atoms with van der Waals surface area (Å²) in [5.41, 5.74) is 1.97. The van der Waals surface area contributed by atoms with Crippen molar-refractivity contribution >= 4 is 29.2 Å². The van der Waals surface area contributed by atoms with Gasteiger partial charge in [-0.15, -0.1) is 0 Å². The van der Waals surface area contributed by atoms with Gasteiger partial charge in [0.2, 0.25) is 0 Å². The smallest absolute Gasteiger partial charge is 0.320 e. The van der Waals surface area contributed by atoms with Crippen LogP contribution in [0.1, 0.15) is 37.5 Å². The number of rotatable bonds is 10. The minimum Gasteiger partial charge on any atom is -0.497 e. The van der Waals surface area contributed by atoms with Gasteiger partial charge in [-0.05, 0) is 62.7 Å². The maximum atomic E-state index is 14.1. The number of anilines is 2. The van der Waals surface area contributed by atoms with Crippen LogP contribution >= 0.6 is 0 Å². The lowest BCUT2D eigenvalue weighted by Gasteiger charge is -2.56. The van der Waals surface area contributed by atoms with Crippen LogP contribution in [0, 0.1) is 12.8 Å². The van der Waals surface area contributed by atoms with Crippen LogP contribution in [0.25, 0.3) is 0 Å². The molecule has 0 aliphatic carbocycles. The zero-order valence-corrected chi connectivity index (χ0v) is 23.6. The number of ether oxygens (including phenoxy) is 3. The van der Waals surface area contributed by atoms with E-state index in [0.717, 1.165) is 11.1 Å². The fourth-order valence-electron chi connectivity index (χ4n) is 5.79. The van der Waals surface area contributed by atoms with E-state index in [1.807, 2.05) is 61.5 Å². The zero-order chi connectivity index (χ0) is 29.1. The van der Waals surface area contributed by atoms with Crippen molar-refractivity contribution in [1.29, 1.82) is 0 Å². The van der Waals surface area contributed by atoms with E-state index in [9.17, 15) is 14.4 Å². The summed E-state index contributed by atoms with van der Waals surface area (Å²) in [4.78, 5) is 49.0. The van der Waals surface area contributed by atoms with Crippen LogP contribution in [0.2, 0.25) is 0 Å². The highest BCUT2D eigenvalue weighted by molar-refractivity contribution is 6.11. The summed E-state index contributed by atoms with van der Waals surface area (Å²) < 4.78 is 16.0. The molecule has 0 N–H and O–H groups in total. The second-order valence-electron chi connectivity index (χ2n) is 10.1. The van der Waals surface area contributed by atoms with Gasteiger partial charge in [-0.1, -0.05) is 48.0 Å². The molecule has 2 saturated heterocycles. The largest absolute Gasteiger partial charge is 0.497 e. The van der Waals surface area contributed by atoms with E-state index in [1.54, 1.807) is 55.2 Å². The van der Waals surface area contributed by atoms with Crippen LogP contribution in [0.15, 0.2) is 78.9 Å². The molecular formula is C32H34N2O7. The Bertz CT molecular complexity index is 1380. The van der Waals surface area contributed by atoms with Gasteiger partial charge in [0.25, 0.3) is 5.91 Å². The molecule has 0 spiro atoms. The highest BCUT2D eigenvalue weighted by atomic mass is 16.7. The number of hydroxylamine groups is 1. The Labute approximate surface area is 239 Å². The first-order valence-corrected chi connectivity index (χ1v) is 13.7. The van der Waals surface area contributed by atoms with E-state index in [-0.39, 0.29) is 25.5 Å². The minimum atomic E-state index is -1.28. The predicted octanol–water partition coefficient (Wildman–Crippen LogP) is 4.78. The molecule has 3 aromatic carbocycles. The topological polar surface area (TPSA) is 94.6 Å². The number of methoxy groups -OCH3 is 1. The average Bonchev–Trinajstić information content (AvgIpc) is 3.28. The number of esters is 2. The maximum absolute atomic E-state index is 14.1. The first-order valence-electron chi connectivity index (χ1n) is 13.7. The molecule has 0 unspecified atom stereocenters. The van der Waals surface area contributed by atoms with Crippen LogP contribution in [-0.2, 0) is 28.7 Å². The molecule has 1 amide bonds. The minimum absolute atomic E-state index is 0.0744. The lowest BCUT2D eigenvalue weighted by Crippen LogP contribution is -2.78. The molecule has 2 aliphatic rings. The Kier molecular flexibility index (Phi) is 7.99. The summed E-state index contributed by atoms with van der Waals surface area (Å²) >= 11 is 0. The summed E-state index contributed by atoms with van der Waals surface area (Å²) in [5.74, 6) is -2.27. The van der Waals surface area contributed by atoms with Crippen molar-refractivity contribution in [3.8, 4) is 5.75 Å². The molecule has 9 nitrogen and oxygen atoms in total. The van der Waals surface area contributed by atoms with Gasteiger partial charge in [0.05, 0.1) is 26.0 Å². The van der Waals surface area contributed by atoms with Gasteiger partial charge in [-0.3, -0.25) is 24.1 Å². The number of hydrogen-bond acceptors (Lipinski definition) is 8. The summed E-state index contributed by atoms with van der Waals surface area (Å²) in [5, 5.41) is 1.62. The molecule has 41 heavy (non-hydrogen) atoms. The molecule has 2 heterocycles. The number of carbonyl (C=O) groups is 3. The number of fused-ring (bicyclic) bond motifs is 1. The van der Waals surface area contributed by atoms with Crippen molar-refractivity contribution in [2.45, 2.75) is 44.9 Å². The van der Waals surface area contributed by atoms with E-state index in [4.69, 9.17) is 19.0 Å².